The molecular formula is C26H28Cl2N2O3S2. The van der Waals surface area contributed by atoms with Crippen LogP contribution in [0.4, 0.5) is 5.69 Å². The van der Waals surface area contributed by atoms with Crippen LogP contribution in [-0.4, -0.2) is 33.2 Å². The van der Waals surface area contributed by atoms with E-state index < -0.39 is 15.9 Å². The van der Waals surface area contributed by atoms with E-state index in [4.69, 9.17) is 23.2 Å². The summed E-state index contributed by atoms with van der Waals surface area (Å²) in [6, 6.07) is 19.3. The molecule has 0 spiro atoms. The molecule has 0 unspecified atom stereocenters. The van der Waals surface area contributed by atoms with Gasteiger partial charge in [0.1, 0.15) is 6.54 Å². The van der Waals surface area contributed by atoms with Crippen LogP contribution < -0.4 is 9.62 Å². The third kappa shape index (κ3) is 8.17. The third-order valence-electron chi connectivity index (χ3n) is 5.17. The van der Waals surface area contributed by atoms with Gasteiger partial charge in [0.2, 0.25) is 5.91 Å². The Kier molecular flexibility index (Phi) is 9.92. The predicted molar refractivity (Wildman–Crippen MR) is 147 cm³/mol. The van der Waals surface area contributed by atoms with Crippen LogP contribution in [0.2, 0.25) is 10.0 Å². The number of hydrogen-bond donors (Lipinski definition) is 1. The number of nitrogens with zero attached hydrogens (tertiary/aromatic N) is 1. The molecule has 0 aliphatic heterocycles. The van der Waals surface area contributed by atoms with Gasteiger partial charge in [0, 0.05) is 22.3 Å². The number of nitrogens with one attached hydrogen (secondary N) is 1. The molecule has 0 atom stereocenters. The van der Waals surface area contributed by atoms with E-state index >= 15 is 0 Å². The molecule has 0 radical (unpaired) electrons. The van der Waals surface area contributed by atoms with Crippen LogP contribution in [0.15, 0.2) is 71.6 Å². The lowest BCUT2D eigenvalue weighted by Crippen LogP contribution is -2.41. The van der Waals surface area contributed by atoms with Gasteiger partial charge in [-0.2, -0.15) is 11.8 Å². The Balaban J connectivity index is 1.62. The SMILES string of the molecule is Cc1ccc(S(=O)(=O)N(CC(=O)NCCCSCc2cccc(C)c2)c2cc(Cl)cc(Cl)c2)cc1. The second-order valence-corrected chi connectivity index (χ2v) is 12.0. The number of aryl methyl sites for hydroxylation is 2. The minimum absolute atomic E-state index is 0.0829. The van der Waals surface area contributed by atoms with Gasteiger partial charge in [-0.3, -0.25) is 9.10 Å². The molecule has 9 heteroatoms. The molecule has 0 aliphatic carbocycles. The Morgan fingerprint density at radius 1 is 0.943 bits per heavy atom. The number of rotatable bonds is 11. The van der Waals surface area contributed by atoms with Gasteiger partial charge in [-0.05, 0) is 61.9 Å². The summed E-state index contributed by atoms with van der Waals surface area (Å²) in [7, 11) is -4.02. The zero-order valence-corrected chi connectivity index (χ0v) is 22.8. The van der Waals surface area contributed by atoms with Gasteiger partial charge in [-0.1, -0.05) is 70.7 Å². The molecule has 3 aromatic carbocycles. The summed E-state index contributed by atoms with van der Waals surface area (Å²) in [4.78, 5) is 12.8. The summed E-state index contributed by atoms with van der Waals surface area (Å²) in [6.45, 7) is 4.01. The molecule has 5 nitrogen and oxygen atoms in total. The molecule has 186 valence electrons. The fourth-order valence-electron chi connectivity index (χ4n) is 3.42. The second-order valence-electron chi connectivity index (χ2n) is 8.20. The number of sulfonamides is 1. The number of thioether (sulfide) groups is 1. The van der Waals surface area contributed by atoms with E-state index in [1.165, 1.54) is 41.5 Å². The summed E-state index contributed by atoms with van der Waals surface area (Å²) in [5.74, 6) is 1.39. The first-order valence-corrected chi connectivity index (χ1v) is 14.5. The van der Waals surface area contributed by atoms with Crippen molar-refractivity contribution in [1.82, 2.24) is 5.32 Å². The molecule has 0 aromatic heterocycles. The standard InChI is InChI=1S/C26H28Cl2N2O3S2/c1-19-7-9-25(10-8-19)35(32,33)30(24-15-22(27)14-23(28)16-24)17-26(31)29-11-4-12-34-18-21-6-3-5-20(2)13-21/h3,5-10,13-16H,4,11-12,17-18H2,1-2H3,(H,29,31). The second kappa shape index (κ2) is 12.7. The summed E-state index contributed by atoms with van der Waals surface area (Å²) in [5.41, 5.74) is 3.67. The van der Waals surface area contributed by atoms with E-state index in [2.05, 4.69) is 36.5 Å². The van der Waals surface area contributed by atoms with E-state index in [0.717, 1.165) is 27.8 Å². The highest BCUT2D eigenvalue weighted by Gasteiger charge is 2.27. The van der Waals surface area contributed by atoms with Crippen molar-refractivity contribution in [2.75, 3.05) is 23.1 Å². The van der Waals surface area contributed by atoms with Crippen molar-refractivity contribution >= 4 is 56.6 Å². The lowest BCUT2D eigenvalue weighted by molar-refractivity contribution is -0.119. The van der Waals surface area contributed by atoms with Crippen LogP contribution in [0.3, 0.4) is 0 Å². The Bertz CT molecular complexity index is 1250. The van der Waals surface area contributed by atoms with Crippen molar-refractivity contribution in [1.29, 1.82) is 0 Å². The van der Waals surface area contributed by atoms with Crippen molar-refractivity contribution in [2.45, 2.75) is 30.9 Å². The number of anilines is 1. The molecule has 0 heterocycles. The van der Waals surface area contributed by atoms with Gasteiger partial charge < -0.3 is 5.32 Å². The smallest absolute Gasteiger partial charge is 0.264 e. The Morgan fingerprint density at radius 3 is 2.29 bits per heavy atom. The number of benzene rings is 3. The van der Waals surface area contributed by atoms with Gasteiger partial charge in [0.15, 0.2) is 0 Å². The molecular weight excluding hydrogens is 523 g/mol. The van der Waals surface area contributed by atoms with Crippen molar-refractivity contribution in [3.63, 3.8) is 0 Å². The van der Waals surface area contributed by atoms with Crippen LogP contribution in [0, 0.1) is 13.8 Å². The molecule has 3 rings (SSSR count). The van der Waals surface area contributed by atoms with Crippen LogP contribution in [0.1, 0.15) is 23.1 Å². The topological polar surface area (TPSA) is 66.5 Å². The number of hydrogen-bond acceptors (Lipinski definition) is 4. The van der Waals surface area contributed by atoms with E-state index in [0.29, 0.717) is 6.54 Å². The zero-order valence-electron chi connectivity index (χ0n) is 19.6. The minimum Gasteiger partial charge on any atom is -0.354 e. The first kappa shape index (κ1) is 27.4. The zero-order chi connectivity index (χ0) is 25.4. The molecule has 0 bridgehead atoms. The molecule has 3 aromatic rings. The quantitative estimate of drug-likeness (QED) is 0.287. The highest BCUT2D eigenvalue weighted by atomic mass is 35.5. The summed E-state index contributed by atoms with van der Waals surface area (Å²) >= 11 is 14.0. The Labute approximate surface area is 221 Å². The van der Waals surface area contributed by atoms with E-state index in [1.807, 2.05) is 6.92 Å². The normalized spacial score (nSPS) is 11.3. The fraction of sp³-hybridized carbons (Fsp3) is 0.269. The molecule has 0 aliphatic rings. The van der Waals surface area contributed by atoms with Gasteiger partial charge in [-0.15, -0.1) is 0 Å². The van der Waals surface area contributed by atoms with E-state index in [1.54, 1.807) is 23.9 Å². The van der Waals surface area contributed by atoms with Gasteiger partial charge in [0.05, 0.1) is 10.6 Å². The van der Waals surface area contributed by atoms with Crippen molar-refractivity contribution in [3.8, 4) is 0 Å². The summed E-state index contributed by atoms with van der Waals surface area (Å²) in [5, 5.41) is 3.39. The first-order chi connectivity index (χ1) is 16.6. The molecule has 35 heavy (non-hydrogen) atoms. The lowest BCUT2D eigenvalue weighted by atomic mass is 10.2. The Morgan fingerprint density at radius 2 is 1.63 bits per heavy atom. The average molecular weight is 552 g/mol. The predicted octanol–water partition coefficient (Wildman–Crippen LogP) is 6.25. The van der Waals surface area contributed by atoms with Crippen molar-refractivity contribution < 1.29 is 13.2 Å². The first-order valence-electron chi connectivity index (χ1n) is 11.1. The minimum atomic E-state index is -4.02. The average Bonchev–Trinajstić information content (AvgIpc) is 2.79. The van der Waals surface area contributed by atoms with Gasteiger partial charge in [0.25, 0.3) is 10.0 Å². The van der Waals surface area contributed by atoms with Crippen molar-refractivity contribution in [2.24, 2.45) is 0 Å². The maximum Gasteiger partial charge on any atom is 0.264 e. The monoisotopic (exact) mass is 550 g/mol. The van der Waals surface area contributed by atoms with Crippen LogP contribution in [0.5, 0.6) is 0 Å². The van der Waals surface area contributed by atoms with Gasteiger partial charge in [-0.25, -0.2) is 8.42 Å². The molecule has 1 N–H and O–H groups in total. The molecule has 1 amide bonds. The van der Waals surface area contributed by atoms with Crippen LogP contribution in [0.25, 0.3) is 0 Å². The number of carbonyl (C=O) groups is 1. The summed E-state index contributed by atoms with van der Waals surface area (Å²) < 4.78 is 27.9. The number of carbonyl (C=O) groups excluding carboxylic acids is 1. The lowest BCUT2D eigenvalue weighted by Gasteiger charge is -2.24. The fourth-order valence-corrected chi connectivity index (χ4v) is 6.24. The summed E-state index contributed by atoms with van der Waals surface area (Å²) in [6.07, 6.45) is 0.774. The number of amides is 1. The molecule has 0 saturated carbocycles. The van der Waals surface area contributed by atoms with Crippen LogP contribution in [-0.2, 0) is 20.6 Å². The highest BCUT2D eigenvalue weighted by Crippen LogP contribution is 2.29. The van der Waals surface area contributed by atoms with Crippen LogP contribution >= 0.6 is 35.0 Å². The number of halogens is 2. The highest BCUT2D eigenvalue weighted by molar-refractivity contribution is 7.98. The molecule has 0 saturated heterocycles. The maximum absolute atomic E-state index is 13.4. The third-order valence-corrected chi connectivity index (χ3v) is 8.51. The van der Waals surface area contributed by atoms with E-state index in [-0.39, 0.29) is 27.2 Å². The van der Waals surface area contributed by atoms with E-state index in [9.17, 15) is 13.2 Å². The van der Waals surface area contributed by atoms with Crippen molar-refractivity contribution in [3.05, 3.63) is 93.5 Å². The largest absolute Gasteiger partial charge is 0.354 e. The van der Waals surface area contributed by atoms with Gasteiger partial charge >= 0.3 is 0 Å². The maximum atomic E-state index is 13.4. The Hall–Kier alpha value is -2.19. The molecule has 0 fully saturated rings.